The molecule has 0 amide bonds. The minimum absolute atomic E-state index is 0.192. The van der Waals surface area contributed by atoms with Crippen molar-refractivity contribution in [1.29, 1.82) is 0 Å². The average Bonchev–Trinajstić information content (AvgIpc) is 2.05. The third-order valence-electron chi connectivity index (χ3n) is 1.12. The number of hydrogen-bond donors (Lipinski definition) is 1. The Bertz CT molecular complexity index is 304. The van der Waals surface area contributed by atoms with Crippen molar-refractivity contribution in [3.05, 3.63) is 24.4 Å². The number of carboxylic acids is 1. The van der Waals surface area contributed by atoms with E-state index in [2.05, 4.69) is 9.72 Å². The molecule has 1 unspecified atom stereocenters. The van der Waals surface area contributed by atoms with Gasteiger partial charge in [-0.2, -0.15) is 4.39 Å². The normalized spacial score (nSPS) is 14.6. The largest absolute Gasteiger partial charge is 0.475 e. The van der Waals surface area contributed by atoms with Crippen molar-refractivity contribution in [1.82, 2.24) is 4.98 Å². The molecule has 1 heterocycles. The molecule has 0 spiro atoms. The van der Waals surface area contributed by atoms with Crippen molar-refractivity contribution >= 4 is 17.6 Å². The third kappa shape index (κ3) is 2.55. The van der Waals surface area contributed by atoms with Crippen LogP contribution in [0.1, 0.15) is 0 Å². The Balaban J connectivity index is 2.75. The summed E-state index contributed by atoms with van der Waals surface area (Å²) in [5.74, 6) is -2.11. The Morgan fingerprint density at radius 1 is 1.69 bits per heavy atom. The maximum Gasteiger partial charge on any atom is 0.427 e. The zero-order chi connectivity index (χ0) is 9.90. The van der Waals surface area contributed by atoms with Crippen LogP contribution in [0, 0.1) is 0 Å². The minimum atomic E-state index is -3.27. The molecule has 1 aromatic heterocycles. The van der Waals surface area contributed by atoms with E-state index in [-0.39, 0.29) is 5.88 Å². The van der Waals surface area contributed by atoms with Crippen LogP contribution in [0.25, 0.3) is 0 Å². The molecule has 1 N–H and O–H groups in total. The topological polar surface area (TPSA) is 59.4 Å². The van der Waals surface area contributed by atoms with Crippen molar-refractivity contribution in [2.45, 2.75) is 5.31 Å². The first-order valence-electron chi connectivity index (χ1n) is 3.23. The number of aliphatic carboxylic acids is 1. The van der Waals surface area contributed by atoms with Crippen LogP contribution >= 0.6 is 11.6 Å². The summed E-state index contributed by atoms with van der Waals surface area (Å²) >= 11 is 4.88. The fourth-order valence-corrected chi connectivity index (χ4v) is 0.661. The molecule has 0 bridgehead atoms. The Morgan fingerprint density at radius 3 is 2.85 bits per heavy atom. The van der Waals surface area contributed by atoms with Gasteiger partial charge in [-0.25, -0.2) is 9.78 Å². The number of nitrogens with zero attached hydrogens (tertiary/aromatic N) is 1. The van der Waals surface area contributed by atoms with E-state index in [9.17, 15) is 9.18 Å². The van der Waals surface area contributed by atoms with Gasteiger partial charge in [-0.05, 0) is 17.7 Å². The molecule has 4 nitrogen and oxygen atoms in total. The molecule has 0 aliphatic carbocycles. The van der Waals surface area contributed by atoms with Gasteiger partial charge in [0.25, 0.3) is 0 Å². The van der Waals surface area contributed by atoms with Crippen LogP contribution in [0.4, 0.5) is 4.39 Å². The van der Waals surface area contributed by atoms with E-state index in [1.165, 1.54) is 18.3 Å². The van der Waals surface area contributed by atoms with Gasteiger partial charge in [0.05, 0.1) is 0 Å². The second kappa shape index (κ2) is 3.57. The van der Waals surface area contributed by atoms with Gasteiger partial charge in [-0.1, -0.05) is 6.07 Å². The van der Waals surface area contributed by atoms with E-state index in [1.54, 1.807) is 6.07 Å². The predicted molar refractivity (Wildman–Crippen MR) is 42.2 cm³/mol. The molecule has 1 atom stereocenters. The van der Waals surface area contributed by atoms with Crippen LogP contribution in [0.3, 0.4) is 0 Å². The summed E-state index contributed by atoms with van der Waals surface area (Å²) in [7, 11) is 0. The number of alkyl halides is 2. The van der Waals surface area contributed by atoms with Gasteiger partial charge in [0.15, 0.2) is 0 Å². The van der Waals surface area contributed by atoms with Crippen LogP contribution < -0.4 is 4.74 Å². The van der Waals surface area contributed by atoms with Crippen molar-refractivity contribution in [3.63, 3.8) is 0 Å². The summed E-state index contributed by atoms with van der Waals surface area (Å²) in [6.45, 7) is 0. The highest BCUT2D eigenvalue weighted by atomic mass is 35.5. The first-order chi connectivity index (χ1) is 6.02. The van der Waals surface area contributed by atoms with Gasteiger partial charge < -0.3 is 9.84 Å². The molecule has 0 aromatic carbocycles. The lowest BCUT2D eigenvalue weighted by Crippen LogP contribution is -2.33. The van der Waals surface area contributed by atoms with Crippen LogP contribution in [0.5, 0.6) is 5.88 Å². The number of halogens is 2. The summed E-state index contributed by atoms with van der Waals surface area (Å²) in [6.07, 6.45) is 1.32. The lowest BCUT2D eigenvalue weighted by molar-refractivity contribution is -0.159. The summed E-state index contributed by atoms with van der Waals surface area (Å²) in [4.78, 5) is 13.7. The molecule has 70 valence electrons. The van der Waals surface area contributed by atoms with Gasteiger partial charge in [0, 0.05) is 12.3 Å². The van der Waals surface area contributed by atoms with Crippen LogP contribution in [0.15, 0.2) is 24.4 Å². The highest BCUT2D eigenvalue weighted by molar-refractivity contribution is 6.31. The number of rotatable bonds is 3. The van der Waals surface area contributed by atoms with E-state index >= 15 is 0 Å². The molecule has 6 heteroatoms. The molecule has 0 saturated carbocycles. The van der Waals surface area contributed by atoms with Crippen molar-refractivity contribution in [2.75, 3.05) is 0 Å². The van der Waals surface area contributed by atoms with Gasteiger partial charge in [-0.15, -0.1) is 0 Å². The number of hydrogen-bond acceptors (Lipinski definition) is 3. The number of ether oxygens (including phenoxy) is 1. The molecular weight excluding hydrogens is 201 g/mol. The molecule has 0 fully saturated rings. The third-order valence-corrected chi connectivity index (χ3v) is 1.36. The fourth-order valence-electron chi connectivity index (χ4n) is 0.582. The number of aromatic nitrogens is 1. The highest BCUT2D eigenvalue weighted by Crippen LogP contribution is 2.21. The first-order valence-corrected chi connectivity index (χ1v) is 3.61. The molecule has 1 rings (SSSR count). The molecule has 1 aromatic rings. The molecule has 0 saturated heterocycles. The average molecular weight is 206 g/mol. The molecule has 0 radical (unpaired) electrons. The van der Waals surface area contributed by atoms with Crippen molar-refractivity contribution in [2.24, 2.45) is 0 Å². The Morgan fingerprint density at radius 2 is 2.38 bits per heavy atom. The van der Waals surface area contributed by atoms with Gasteiger partial charge >= 0.3 is 11.3 Å². The fraction of sp³-hybridized carbons (Fsp3) is 0.143. The Labute approximate surface area is 77.9 Å². The van der Waals surface area contributed by atoms with Gasteiger partial charge in [-0.3, -0.25) is 0 Å². The van der Waals surface area contributed by atoms with E-state index in [4.69, 9.17) is 16.7 Å². The SMILES string of the molecule is O=C(O)C(F)(Cl)Oc1ccccn1. The lowest BCUT2D eigenvalue weighted by atomic mass is 10.5. The van der Waals surface area contributed by atoms with Gasteiger partial charge in [0.1, 0.15) is 0 Å². The molecular formula is C7H5ClFNO3. The maximum atomic E-state index is 12.8. The van der Waals surface area contributed by atoms with Crippen LogP contribution in [0.2, 0.25) is 0 Å². The molecule has 0 aliphatic heterocycles. The smallest absolute Gasteiger partial charge is 0.427 e. The number of carbonyl (C=O) groups is 1. The lowest BCUT2D eigenvalue weighted by Gasteiger charge is -2.13. The maximum absolute atomic E-state index is 12.8. The number of pyridine rings is 1. The van der Waals surface area contributed by atoms with E-state index in [0.29, 0.717) is 0 Å². The van der Waals surface area contributed by atoms with Gasteiger partial charge in [0.2, 0.25) is 5.88 Å². The standard InChI is InChI=1S/C7H5ClFNO3/c8-7(9,6(11)12)13-5-3-1-2-4-10-5/h1-4H,(H,11,12). The highest BCUT2D eigenvalue weighted by Gasteiger charge is 2.39. The Hall–Kier alpha value is -1.36. The van der Waals surface area contributed by atoms with Crippen LogP contribution in [-0.2, 0) is 4.79 Å². The van der Waals surface area contributed by atoms with Crippen LogP contribution in [-0.4, -0.2) is 21.4 Å². The van der Waals surface area contributed by atoms with E-state index in [1.807, 2.05) is 0 Å². The summed E-state index contributed by atoms with van der Waals surface area (Å²) < 4.78 is 17.1. The summed E-state index contributed by atoms with van der Waals surface area (Å²) in [6, 6.07) is 4.37. The number of carboxylic acid groups (broad SMARTS) is 1. The Kier molecular flexibility index (Phi) is 2.67. The van der Waals surface area contributed by atoms with Crippen molar-refractivity contribution in [3.8, 4) is 5.88 Å². The van der Waals surface area contributed by atoms with E-state index in [0.717, 1.165) is 0 Å². The van der Waals surface area contributed by atoms with Crippen molar-refractivity contribution < 1.29 is 19.0 Å². The molecule has 13 heavy (non-hydrogen) atoms. The quantitative estimate of drug-likeness (QED) is 0.758. The van der Waals surface area contributed by atoms with E-state index < -0.39 is 11.3 Å². The molecule has 0 aliphatic rings. The second-order valence-electron chi connectivity index (χ2n) is 2.09. The second-order valence-corrected chi connectivity index (χ2v) is 2.58. The minimum Gasteiger partial charge on any atom is -0.475 e. The zero-order valence-electron chi connectivity index (χ0n) is 6.28. The summed E-state index contributed by atoms with van der Waals surface area (Å²) in [5, 5.41) is 4.97. The predicted octanol–water partition coefficient (Wildman–Crippen LogP) is 1.41. The first kappa shape index (κ1) is 9.73. The summed E-state index contributed by atoms with van der Waals surface area (Å²) in [5.41, 5.74) is 0. The monoisotopic (exact) mass is 205 g/mol. The zero-order valence-corrected chi connectivity index (χ0v) is 7.03.